The molecule has 0 unspecified atom stereocenters. The number of halogens is 1. The van der Waals surface area contributed by atoms with Crippen molar-refractivity contribution in [2.45, 2.75) is 27.2 Å². The van der Waals surface area contributed by atoms with Crippen LogP contribution in [0.2, 0.25) is 0 Å². The van der Waals surface area contributed by atoms with Crippen molar-refractivity contribution in [2.24, 2.45) is 0 Å². The standard InChI is InChI=1S/C14H17BrN4/c1-4-12-9(3)13(17-5-2)19-14(18-12)10-6-11(15)8-16-7-10/h6-8H,4-5H2,1-3H3,(H,17,18,19). The van der Waals surface area contributed by atoms with Gasteiger partial charge in [-0.25, -0.2) is 9.97 Å². The summed E-state index contributed by atoms with van der Waals surface area (Å²) in [6, 6.07) is 1.98. The van der Waals surface area contributed by atoms with Gasteiger partial charge in [-0.1, -0.05) is 6.92 Å². The van der Waals surface area contributed by atoms with Crippen LogP contribution in [-0.2, 0) is 6.42 Å². The van der Waals surface area contributed by atoms with Crippen LogP contribution < -0.4 is 5.32 Å². The van der Waals surface area contributed by atoms with Crippen LogP contribution in [0.1, 0.15) is 25.1 Å². The Labute approximate surface area is 121 Å². The number of hydrogen-bond donors (Lipinski definition) is 1. The maximum atomic E-state index is 4.63. The van der Waals surface area contributed by atoms with Gasteiger partial charge in [-0.3, -0.25) is 4.98 Å². The van der Waals surface area contributed by atoms with Gasteiger partial charge in [0, 0.05) is 40.2 Å². The summed E-state index contributed by atoms with van der Waals surface area (Å²) in [7, 11) is 0. The van der Waals surface area contributed by atoms with Crippen molar-refractivity contribution in [3.8, 4) is 11.4 Å². The molecule has 0 bridgehead atoms. The molecule has 0 aliphatic rings. The van der Waals surface area contributed by atoms with E-state index in [2.05, 4.69) is 57.0 Å². The quantitative estimate of drug-likeness (QED) is 0.935. The van der Waals surface area contributed by atoms with E-state index in [1.807, 2.05) is 6.07 Å². The van der Waals surface area contributed by atoms with E-state index < -0.39 is 0 Å². The zero-order valence-electron chi connectivity index (χ0n) is 11.4. The predicted molar refractivity (Wildman–Crippen MR) is 81.2 cm³/mol. The van der Waals surface area contributed by atoms with Crippen LogP contribution in [0.3, 0.4) is 0 Å². The smallest absolute Gasteiger partial charge is 0.163 e. The summed E-state index contributed by atoms with van der Waals surface area (Å²) >= 11 is 3.43. The van der Waals surface area contributed by atoms with Gasteiger partial charge in [0.15, 0.2) is 5.82 Å². The first-order valence-electron chi connectivity index (χ1n) is 6.38. The molecule has 1 N–H and O–H groups in total. The van der Waals surface area contributed by atoms with Crippen LogP contribution in [-0.4, -0.2) is 21.5 Å². The summed E-state index contributed by atoms with van der Waals surface area (Å²) < 4.78 is 0.928. The molecule has 0 aliphatic carbocycles. The van der Waals surface area contributed by atoms with Crippen molar-refractivity contribution in [2.75, 3.05) is 11.9 Å². The van der Waals surface area contributed by atoms with Gasteiger partial charge in [0.25, 0.3) is 0 Å². The number of hydrogen-bond acceptors (Lipinski definition) is 4. The normalized spacial score (nSPS) is 10.5. The molecular weight excluding hydrogens is 304 g/mol. The van der Waals surface area contributed by atoms with Crippen molar-refractivity contribution >= 4 is 21.7 Å². The van der Waals surface area contributed by atoms with Gasteiger partial charge in [-0.05, 0) is 42.3 Å². The third-order valence-corrected chi connectivity index (χ3v) is 3.32. The molecule has 2 rings (SSSR count). The highest BCUT2D eigenvalue weighted by Gasteiger charge is 2.11. The van der Waals surface area contributed by atoms with Crippen LogP contribution in [0.5, 0.6) is 0 Å². The average molecular weight is 321 g/mol. The molecule has 2 aromatic heterocycles. The third-order valence-electron chi connectivity index (χ3n) is 2.89. The molecule has 0 fully saturated rings. The summed E-state index contributed by atoms with van der Waals surface area (Å²) in [6.45, 7) is 7.07. The lowest BCUT2D eigenvalue weighted by atomic mass is 10.1. The fourth-order valence-electron chi connectivity index (χ4n) is 1.91. The summed E-state index contributed by atoms with van der Waals surface area (Å²) in [5, 5.41) is 3.29. The lowest BCUT2D eigenvalue weighted by Crippen LogP contribution is -2.07. The van der Waals surface area contributed by atoms with E-state index in [1.54, 1.807) is 12.4 Å². The molecule has 0 radical (unpaired) electrons. The Morgan fingerprint density at radius 1 is 1.21 bits per heavy atom. The molecule has 2 heterocycles. The Kier molecular flexibility index (Phi) is 4.47. The van der Waals surface area contributed by atoms with Gasteiger partial charge >= 0.3 is 0 Å². The van der Waals surface area contributed by atoms with Gasteiger partial charge in [0.2, 0.25) is 0 Å². The average Bonchev–Trinajstić information content (AvgIpc) is 2.41. The van der Waals surface area contributed by atoms with E-state index in [0.29, 0.717) is 5.82 Å². The Morgan fingerprint density at radius 2 is 2.00 bits per heavy atom. The van der Waals surface area contributed by atoms with Crippen molar-refractivity contribution in [1.29, 1.82) is 0 Å². The topological polar surface area (TPSA) is 50.7 Å². The number of nitrogens with zero attached hydrogens (tertiary/aromatic N) is 3. The second-order valence-electron chi connectivity index (χ2n) is 4.24. The number of aromatic nitrogens is 3. The minimum atomic E-state index is 0.715. The van der Waals surface area contributed by atoms with E-state index in [4.69, 9.17) is 0 Å². The molecular formula is C14H17BrN4. The Bertz CT molecular complexity index is 584. The maximum absolute atomic E-state index is 4.63. The van der Waals surface area contributed by atoms with E-state index in [9.17, 15) is 0 Å². The van der Waals surface area contributed by atoms with Crippen LogP contribution in [0, 0.1) is 6.92 Å². The van der Waals surface area contributed by atoms with Crippen molar-refractivity contribution in [1.82, 2.24) is 15.0 Å². The molecule has 0 spiro atoms. The molecule has 0 aromatic carbocycles. The number of rotatable bonds is 4. The first kappa shape index (κ1) is 13.9. The molecule has 5 heteroatoms. The summed E-state index contributed by atoms with van der Waals surface area (Å²) in [4.78, 5) is 13.4. The monoisotopic (exact) mass is 320 g/mol. The molecule has 0 atom stereocenters. The van der Waals surface area contributed by atoms with Crippen LogP contribution in [0.15, 0.2) is 22.9 Å². The zero-order valence-corrected chi connectivity index (χ0v) is 13.0. The number of aryl methyl sites for hydroxylation is 1. The Hall–Kier alpha value is -1.49. The van der Waals surface area contributed by atoms with Crippen LogP contribution >= 0.6 is 15.9 Å². The molecule has 0 aliphatic heterocycles. The van der Waals surface area contributed by atoms with Gasteiger partial charge in [0.1, 0.15) is 5.82 Å². The number of anilines is 1. The van der Waals surface area contributed by atoms with Crippen molar-refractivity contribution in [3.05, 3.63) is 34.2 Å². The van der Waals surface area contributed by atoms with Crippen LogP contribution in [0.4, 0.5) is 5.82 Å². The first-order chi connectivity index (χ1) is 9.15. The molecule has 0 amide bonds. The van der Waals surface area contributed by atoms with Crippen molar-refractivity contribution < 1.29 is 0 Å². The highest BCUT2D eigenvalue weighted by Crippen LogP contribution is 2.23. The van der Waals surface area contributed by atoms with E-state index >= 15 is 0 Å². The summed E-state index contributed by atoms with van der Waals surface area (Å²) in [5.41, 5.74) is 3.11. The second kappa shape index (κ2) is 6.10. The molecule has 0 saturated carbocycles. The largest absolute Gasteiger partial charge is 0.370 e. The lowest BCUT2D eigenvalue weighted by molar-refractivity contribution is 0.969. The highest BCUT2D eigenvalue weighted by molar-refractivity contribution is 9.10. The Morgan fingerprint density at radius 3 is 2.63 bits per heavy atom. The van der Waals surface area contributed by atoms with Gasteiger partial charge in [0.05, 0.1) is 0 Å². The first-order valence-corrected chi connectivity index (χ1v) is 7.17. The predicted octanol–water partition coefficient (Wildman–Crippen LogP) is 3.60. The summed E-state index contributed by atoms with van der Waals surface area (Å²) in [5.74, 6) is 1.62. The zero-order chi connectivity index (χ0) is 13.8. The van der Waals surface area contributed by atoms with Gasteiger partial charge in [-0.15, -0.1) is 0 Å². The second-order valence-corrected chi connectivity index (χ2v) is 5.16. The van der Waals surface area contributed by atoms with Crippen LogP contribution in [0.25, 0.3) is 11.4 Å². The molecule has 4 nitrogen and oxygen atoms in total. The molecule has 2 aromatic rings. The van der Waals surface area contributed by atoms with Gasteiger partial charge < -0.3 is 5.32 Å². The lowest BCUT2D eigenvalue weighted by Gasteiger charge is -2.12. The fraction of sp³-hybridized carbons (Fsp3) is 0.357. The molecule has 100 valence electrons. The van der Waals surface area contributed by atoms with Gasteiger partial charge in [-0.2, -0.15) is 0 Å². The number of nitrogens with one attached hydrogen (secondary N) is 1. The SMILES string of the molecule is CCNc1nc(-c2cncc(Br)c2)nc(CC)c1C. The van der Waals surface area contributed by atoms with Crippen molar-refractivity contribution in [3.63, 3.8) is 0 Å². The Balaban J connectivity index is 2.54. The minimum Gasteiger partial charge on any atom is -0.370 e. The molecule has 0 saturated heterocycles. The van der Waals surface area contributed by atoms with E-state index in [1.165, 1.54) is 0 Å². The molecule has 19 heavy (non-hydrogen) atoms. The minimum absolute atomic E-state index is 0.715. The number of pyridine rings is 1. The highest BCUT2D eigenvalue weighted by atomic mass is 79.9. The van der Waals surface area contributed by atoms with E-state index in [0.717, 1.165) is 40.1 Å². The summed E-state index contributed by atoms with van der Waals surface area (Å²) in [6.07, 6.45) is 4.43. The fourth-order valence-corrected chi connectivity index (χ4v) is 2.27. The van der Waals surface area contributed by atoms with E-state index in [-0.39, 0.29) is 0 Å². The maximum Gasteiger partial charge on any atom is 0.163 e. The third kappa shape index (κ3) is 3.10.